The van der Waals surface area contributed by atoms with Gasteiger partial charge < -0.3 is 15.4 Å². The van der Waals surface area contributed by atoms with Gasteiger partial charge in [-0.15, -0.1) is 12.4 Å². The van der Waals surface area contributed by atoms with E-state index in [1.54, 1.807) is 36.4 Å². The Morgan fingerprint density at radius 2 is 1.77 bits per heavy atom. The highest BCUT2D eigenvalue weighted by Crippen LogP contribution is 2.24. The average Bonchev–Trinajstić information content (AvgIpc) is 2.75. The Morgan fingerprint density at radius 3 is 2.37 bits per heavy atom. The first-order valence-electron chi connectivity index (χ1n) is 8.42. The third kappa shape index (κ3) is 5.47. The molecule has 2 N–H and O–H groups in total. The minimum absolute atomic E-state index is 0. The van der Waals surface area contributed by atoms with Gasteiger partial charge in [-0.25, -0.2) is 4.98 Å². The van der Waals surface area contributed by atoms with E-state index in [-0.39, 0.29) is 18.0 Å². The summed E-state index contributed by atoms with van der Waals surface area (Å²) in [6.07, 6.45) is 1.41. The van der Waals surface area contributed by atoms with E-state index in [4.69, 9.17) is 21.6 Å². The number of nitrogens with zero attached hydrogens (tertiary/aromatic N) is 2. The molecule has 0 atom stereocenters. The molecule has 3 rings (SSSR count). The van der Waals surface area contributed by atoms with Crippen LogP contribution in [0.4, 0.5) is 11.5 Å². The molecule has 0 aliphatic carbocycles. The lowest BCUT2D eigenvalue weighted by Crippen LogP contribution is -2.19. The summed E-state index contributed by atoms with van der Waals surface area (Å²) in [6, 6.07) is 16.0. The molecule has 2 aromatic carbocycles. The van der Waals surface area contributed by atoms with Gasteiger partial charge in [0, 0.05) is 11.8 Å². The topological polar surface area (TPSA) is 104 Å². The van der Waals surface area contributed by atoms with E-state index < -0.39 is 11.8 Å². The van der Waals surface area contributed by atoms with E-state index in [9.17, 15) is 9.59 Å². The quantitative estimate of drug-likeness (QED) is 0.603. The number of nitrogens with one attached hydrogen (secondary N) is 2. The molecule has 152 valence electrons. The molecule has 0 aliphatic rings. The smallest absolute Gasteiger partial charge is 0.259 e. The van der Waals surface area contributed by atoms with E-state index in [1.807, 2.05) is 6.07 Å². The summed E-state index contributed by atoms with van der Waals surface area (Å²) in [6.45, 7) is 0. The standard InChI is InChI=1S/C21H15ClN4O3.ClH/c1-29-16-7-8-18(25-20(27)14-4-2-13(11-23)3-5-14)17(10-16)21(28)26-19-9-6-15(22)12-24-19;/h2-10,12H,1H3,(H,25,27)(H,24,26,28);1H. The molecule has 0 radical (unpaired) electrons. The van der Waals surface area contributed by atoms with Crippen LogP contribution in [0.15, 0.2) is 60.8 Å². The monoisotopic (exact) mass is 442 g/mol. The van der Waals surface area contributed by atoms with Gasteiger partial charge >= 0.3 is 0 Å². The Hall–Kier alpha value is -3.60. The average molecular weight is 443 g/mol. The van der Waals surface area contributed by atoms with Gasteiger partial charge in [0.1, 0.15) is 11.6 Å². The summed E-state index contributed by atoms with van der Waals surface area (Å²) in [7, 11) is 1.48. The second-order valence-corrected chi connectivity index (χ2v) is 6.31. The summed E-state index contributed by atoms with van der Waals surface area (Å²) >= 11 is 5.81. The highest BCUT2D eigenvalue weighted by Gasteiger charge is 2.16. The maximum Gasteiger partial charge on any atom is 0.259 e. The maximum atomic E-state index is 12.8. The highest BCUT2D eigenvalue weighted by atomic mass is 35.5. The first kappa shape index (κ1) is 22.7. The summed E-state index contributed by atoms with van der Waals surface area (Å²) in [4.78, 5) is 29.3. The number of anilines is 2. The van der Waals surface area contributed by atoms with Crippen LogP contribution in [0.1, 0.15) is 26.3 Å². The fourth-order valence-electron chi connectivity index (χ4n) is 2.47. The van der Waals surface area contributed by atoms with Crippen molar-refractivity contribution in [1.29, 1.82) is 5.26 Å². The summed E-state index contributed by atoms with van der Waals surface area (Å²) < 4.78 is 5.18. The number of carbonyl (C=O) groups is 2. The number of nitriles is 1. The number of pyridine rings is 1. The molecule has 0 fully saturated rings. The van der Waals surface area contributed by atoms with Crippen molar-refractivity contribution in [2.75, 3.05) is 17.7 Å². The molecule has 30 heavy (non-hydrogen) atoms. The van der Waals surface area contributed by atoms with Crippen LogP contribution in [0, 0.1) is 11.3 Å². The first-order valence-corrected chi connectivity index (χ1v) is 8.80. The number of hydrogen-bond acceptors (Lipinski definition) is 5. The fourth-order valence-corrected chi connectivity index (χ4v) is 2.58. The second kappa shape index (κ2) is 10.3. The molecule has 0 saturated heterocycles. The molecule has 2 amide bonds. The van der Waals surface area contributed by atoms with Gasteiger partial charge in [0.25, 0.3) is 11.8 Å². The summed E-state index contributed by atoms with van der Waals surface area (Å²) in [5, 5.41) is 14.7. The van der Waals surface area contributed by atoms with E-state index >= 15 is 0 Å². The SMILES string of the molecule is COc1ccc(NC(=O)c2ccc(C#N)cc2)c(C(=O)Nc2ccc(Cl)cn2)c1.Cl. The Bertz CT molecular complexity index is 1090. The number of halogens is 2. The first-order chi connectivity index (χ1) is 14.0. The van der Waals surface area contributed by atoms with Crippen molar-refractivity contribution in [1.82, 2.24) is 4.98 Å². The van der Waals surface area contributed by atoms with Gasteiger partial charge in [-0.3, -0.25) is 9.59 Å². The van der Waals surface area contributed by atoms with Crippen molar-refractivity contribution in [3.8, 4) is 11.8 Å². The lowest BCUT2D eigenvalue weighted by Gasteiger charge is -2.13. The Balaban J connectivity index is 0.00000320. The molecule has 0 saturated carbocycles. The lowest BCUT2D eigenvalue weighted by molar-refractivity contribution is 0.102. The van der Waals surface area contributed by atoms with Crippen molar-refractivity contribution in [3.63, 3.8) is 0 Å². The number of methoxy groups -OCH3 is 1. The van der Waals surface area contributed by atoms with Gasteiger partial charge in [0.2, 0.25) is 0 Å². The molecular formula is C21H16Cl2N4O3. The second-order valence-electron chi connectivity index (χ2n) is 5.87. The molecule has 3 aromatic rings. The van der Waals surface area contributed by atoms with E-state index in [0.717, 1.165) is 0 Å². The van der Waals surface area contributed by atoms with Gasteiger partial charge in [0.05, 0.1) is 35.0 Å². The number of rotatable bonds is 5. The van der Waals surface area contributed by atoms with Gasteiger partial charge in [0.15, 0.2) is 0 Å². The Labute approximate surface area is 184 Å². The minimum Gasteiger partial charge on any atom is -0.497 e. The zero-order valence-corrected chi connectivity index (χ0v) is 17.3. The van der Waals surface area contributed by atoms with Crippen LogP contribution in [0.25, 0.3) is 0 Å². The molecule has 0 bridgehead atoms. The number of ether oxygens (including phenoxy) is 1. The summed E-state index contributed by atoms with van der Waals surface area (Å²) in [5.41, 5.74) is 1.29. The molecule has 0 unspecified atom stereocenters. The molecule has 7 nitrogen and oxygen atoms in total. The third-order valence-corrected chi connectivity index (χ3v) is 4.19. The van der Waals surface area contributed by atoms with Crippen LogP contribution in [-0.2, 0) is 0 Å². The third-order valence-electron chi connectivity index (χ3n) is 3.96. The maximum absolute atomic E-state index is 12.8. The van der Waals surface area contributed by atoms with Crippen LogP contribution >= 0.6 is 24.0 Å². The van der Waals surface area contributed by atoms with Gasteiger partial charge in [-0.05, 0) is 54.6 Å². The zero-order valence-electron chi connectivity index (χ0n) is 15.7. The van der Waals surface area contributed by atoms with Crippen LogP contribution in [0.2, 0.25) is 5.02 Å². The molecular weight excluding hydrogens is 427 g/mol. The van der Waals surface area contributed by atoms with Crippen molar-refractivity contribution >= 4 is 47.3 Å². The predicted molar refractivity (Wildman–Crippen MR) is 117 cm³/mol. The lowest BCUT2D eigenvalue weighted by atomic mass is 10.1. The number of carbonyl (C=O) groups excluding carboxylic acids is 2. The Kier molecular flexibility index (Phi) is 7.76. The number of amides is 2. The van der Waals surface area contributed by atoms with Crippen LogP contribution in [-0.4, -0.2) is 23.9 Å². The normalized spacial score (nSPS) is 9.63. The van der Waals surface area contributed by atoms with E-state index in [0.29, 0.717) is 33.4 Å². The van der Waals surface area contributed by atoms with Gasteiger partial charge in [-0.2, -0.15) is 5.26 Å². The van der Waals surface area contributed by atoms with Crippen molar-refractivity contribution in [3.05, 3.63) is 82.5 Å². The molecule has 9 heteroatoms. The van der Waals surface area contributed by atoms with Gasteiger partial charge in [-0.1, -0.05) is 11.6 Å². The molecule has 0 aliphatic heterocycles. The van der Waals surface area contributed by atoms with Crippen molar-refractivity contribution < 1.29 is 14.3 Å². The largest absolute Gasteiger partial charge is 0.497 e. The van der Waals surface area contributed by atoms with Crippen LogP contribution in [0.3, 0.4) is 0 Å². The van der Waals surface area contributed by atoms with Crippen molar-refractivity contribution in [2.24, 2.45) is 0 Å². The zero-order chi connectivity index (χ0) is 20.8. The number of aromatic nitrogens is 1. The van der Waals surface area contributed by atoms with Crippen LogP contribution < -0.4 is 15.4 Å². The Morgan fingerprint density at radius 1 is 1.03 bits per heavy atom. The number of benzene rings is 2. The van der Waals surface area contributed by atoms with E-state index in [2.05, 4.69) is 15.6 Å². The molecule has 1 aromatic heterocycles. The van der Waals surface area contributed by atoms with Crippen molar-refractivity contribution in [2.45, 2.75) is 0 Å². The number of hydrogen-bond donors (Lipinski definition) is 2. The summed E-state index contributed by atoms with van der Waals surface area (Å²) in [5.74, 6) is -0.130. The molecule has 1 heterocycles. The highest BCUT2D eigenvalue weighted by molar-refractivity contribution is 6.30. The van der Waals surface area contributed by atoms with Crippen LogP contribution in [0.5, 0.6) is 5.75 Å². The predicted octanol–water partition coefficient (Wildman–Crippen LogP) is 4.54. The van der Waals surface area contributed by atoms with E-state index in [1.165, 1.54) is 31.5 Å². The molecule has 0 spiro atoms. The fraction of sp³-hybridized carbons (Fsp3) is 0.0476. The minimum atomic E-state index is -0.478.